The van der Waals surface area contributed by atoms with E-state index >= 15 is 0 Å². The fraction of sp³-hybridized carbons (Fsp3) is 0.474. The maximum absolute atomic E-state index is 13.0. The number of carbonyl (C=O) groups excluding carboxylic acids is 4. The third-order valence-corrected chi connectivity index (χ3v) is 5.08. The maximum Gasteiger partial charge on any atom is 0.262 e. The van der Waals surface area contributed by atoms with Gasteiger partial charge in [-0.3, -0.25) is 29.4 Å². The molecule has 2 aliphatic rings. The Kier molecular flexibility index (Phi) is 5.12. The molecular formula is C19H24N4O4. The number of amides is 4. The molecule has 27 heavy (non-hydrogen) atoms. The number of nitrogens with zero attached hydrogens (tertiary/aromatic N) is 1. The van der Waals surface area contributed by atoms with Crippen LogP contribution in [0, 0.1) is 0 Å². The Morgan fingerprint density at radius 1 is 1.22 bits per heavy atom. The lowest BCUT2D eigenvalue weighted by Crippen LogP contribution is -2.54. The zero-order valence-electron chi connectivity index (χ0n) is 15.5. The van der Waals surface area contributed by atoms with E-state index in [1.54, 1.807) is 18.2 Å². The maximum atomic E-state index is 13.0. The van der Waals surface area contributed by atoms with E-state index in [1.165, 1.54) is 0 Å². The molecule has 0 radical (unpaired) electrons. The fourth-order valence-corrected chi connectivity index (χ4v) is 3.52. The SMILES string of the molecule is CC(C)(CCN)NCc1cccc2c1C(=O)N(C1CCC(=O)NC1=O)C2=O. The lowest BCUT2D eigenvalue weighted by Gasteiger charge is -2.28. The lowest BCUT2D eigenvalue weighted by atomic mass is 9.98. The van der Waals surface area contributed by atoms with Crippen LogP contribution in [0.3, 0.4) is 0 Å². The van der Waals surface area contributed by atoms with E-state index in [9.17, 15) is 19.2 Å². The van der Waals surface area contributed by atoms with Crippen molar-refractivity contribution in [3.63, 3.8) is 0 Å². The van der Waals surface area contributed by atoms with Crippen LogP contribution in [0.5, 0.6) is 0 Å². The van der Waals surface area contributed by atoms with Gasteiger partial charge in [-0.15, -0.1) is 0 Å². The molecule has 1 unspecified atom stereocenters. The number of nitrogens with two attached hydrogens (primary N) is 1. The molecule has 1 aromatic carbocycles. The van der Waals surface area contributed by atoms with Crippen molar-refractivity contribution in [1.82, 2.24) is 15.5 Å². The monoisotopic (exact) mass is 372 g/mol. The van der Waals surface area contributed by atoms with Crippen molar-refractivity contribution in [2.75, 3.05) is 6.54 Å². The zero-order valence-corrected chi connectivity index (χ0v) is 15.5. The molecule has 0 aliphatic carbocycles. The Morgan fingerprint density at radius 3 is 2.63 bits per heavy atom. The van der Waals surface area contributed by atoms with Crippen LogP contribution in [0.15, 0.2) is 18.2 Å². The quantitative estimate of drug-likeness (QED) is 0.618. The molecule has 4 amide bonds. The van der Waals surface area contributed by atoms with Crippen LogP contribution in [-0.2, 0) is 16.1 Å². The van der Waals surface area contributed by atoms with Crippen LogP contribution < -0.4 is 16.4 Å². The summed E-state index contributed by atoms with van der Waals surface area (Å²) in [5.41, 5.74) is 6.73. The largest absolute Gasteiger partial charge is 0.330 e. The second-order valence-electron chi connectivity index (χ2n) is 7.56. The van der Waals surface area contributed by atoms with Gasteiger partial charge in [-0.25, -0.2) is 0 Å². The molecule has 1 atom stereocenters. The summed E-state index contributed by atoms with van der Waals surface area (Å²) in [6, 6.07) is 4.16. The Hall–Kier alpha value is -2.58. The molecule has 0 spiro atoms. The topological polar surface area (TPSA) is 122 Å². The Bertz CT molecular complexity index is 818. The van der Waals surface area contributed by atoms with Crippen molar-refractivity contribution >= 4 is 23.6 Å². The molecule has 3 rings (SSSR count). The molecule has 4 N–H and O–H groups in total. The van der Waals surface area contributed by atoms with Gasteiger partial charge < -0.3 is 11.1 Å². The summed E-state index contributed by atoms with van der Waals surface area (Å²) in [7, 11) is 0. The van der Waals surface area contributed by atoms with E-state index < -0.39 is 23.8 Å². The van der Waals surface area contributed by atoms with Crippen LogP contribution in [0.2, 0.25) is 0 Å². The van der Waals surface area contributed by atoms with E-state index in [2.05, 4.69) is 10.6 Å². The highest BCUT2D eigenvalue weighted by atomic mass is 16.2. The average Bonchev–Trinajstić information content (AvgIpc) is 2.85. The number of piperidine rings is 1. The molecule has 144 valence electrons. The number of imide groups is 2. The summed E-state index contributed by atoms with van der Waals surface area (Å²) in [4.78, 5) is 50.3. The Morgan fingerprint density at radius 2 is 1.96 bits per heavy atom. The first kappa shape index (κ1) is 19.2. The number of fused-ring (bicyclic) bond motifs is 1. The summed E-state index contributed by atoms with van der Waals surface area (Å²) >= 11 is 0. The molecule has 8 heteroatoms. The van der Waals surface area contributed by atoms with Crippen molar-refractivity contribution < 1.29 is 19.2 Å². The van der Waals surface area contributed by atoms with Crippen LogP contribution in [-0.4, -0.2) is 46.7 Å². The second-order valence-corrected chi connectivity index (χ2v) is 7.56. The standard InChI is InChI=1S/C19H24N4O4/c1-19(2,8-9-20)21-10-11-4-3-5-12-15(11)18(27)23(17(12)26)13-6-7-14(24)22-16(13)25/h3-5,13,21H,6-10,20H2,1-2H3,(H,22,24,25). The third kappa shape index (κ3) is 3.63. The average molecular weight is 372 g/mol. The first-order chi connectivity index (χ1) is 12.7. The normalized spacial score (nSPS) is 20.1. The van der Waals surface area contributed by atoms with Crippen LogP contribution in [0.4, 0.5) is 0 Å². The minimum atomic E-state index is -0.954. The highest BCUT2D eigenvalue weighted by Gasteiger charge is 2.45. The van der Waals surface area contributed by atoms with Gasteiger partial charge in [0, 0.05) is 18.5 Å². The highest BCUT2D eigenvalue weighted by molar-refractivity contribution is 6.24. The molecule has 0 saturated carbocycles. The van der Waals surface area contributed by atoms with Gasteiger partial charge >= 0.3 is 0 Å². The lowest BCUT2D eigenvalue weighted by molar-refractivity contribution is -0.136. The van der Waals surface area contributed by atoms with E-state index in [-0.39, 0.29) is 24.3 Å². The van der Waals surface area contributed by atoms with Gasteiger partial charge in [0.1, 0.15) is 6.04 Å². The van der Waals surface area contributed by atoms with Gasteiger partial charge in [-0.1, -0.05) is 12.1 Å². The summed E-state index contributed by atoms with van der Waals surface area (Å²) in [6.45, 7) is 4.98. The molecule has 0 aromatic heterocycles. The van der Waals surface area contributed by atoms with Gasteiger partial charge in [-0.05, 0) is 44.9 Å². The van der Waals surface area contributed by atoms with Crippen molar-refractivity contribution in [3.8, 4) is 0 Å². The van der Waals surface area contributed by atoms with Gasteiger partial charge in [0.2, 0.25) is 11.8 Å². The van der Waals surface area contributed by atoms with E-state index in [0.29, 0.717) is 29.8 Å². The minimum absolute atomic E-state index is 0.103. The Labute approximate surface area is 157 Å². The number of carbonyl (C=O) groups is 4. The van der Waals surface area contributed by atoms with Crippen LogP contribution >= 0.6 is 0 Å². The number of nitrogens with one attached hydrogen (secondary N) is 2. The van der Waals surface area contributed by atoms with E-state index in [1.807, 2.05) is 13.8 Å². The molecular weight excluding hydrogens is 348 g/mol. The van der Waals surface area contributed by atoms with Gasteiger partial charge in [0.15, 0.2) is 0 Å². The molecule has 8 nitrogen and oxygen atoms in total. The minimum Gasteiger partial charge on any atom is -0.330 e. The van der Waals surface area contributed by atoms with Crippen molar-refractivity contribution in [2.24, 2.45) is 5.73 Å². The number of hydrogen-bond donors (Lipinski definition) is 3. The molecule has 2 heterocycles. The van der Waals surface area contributed by atoms with Gasteiger partial charge in [0.05, 0.1) is 11.1 Å². The van der Waals surface area contributed by atoms with Crippen LogP contribution in [0.1, 0.15) is 59.4 Å². The molecule has 0 bridgehead atoms. The molecule has 1 saturated heterocycles. The Balaban J connectivity index is 1.86. The number of hydrogen-bond acceptors (Lipinski definition) is 6. The summed E-state index contributed by atoms with van der Waals surface area (Å²) in [5.74, 6) is -1.98. The summed E-state index contributed by atoms with van der Waals surface area (Å²) in [6.07, 6.45) is 1.01. The van der Waals surface area contributed by atoms with E-state index in [0.717, 1.165) is 11.3 Å². The number of benzene rings is 1. The molecule has 2 aliphatic heterocycles. The first-order valence-electron chi connectivity index (χ1n) is 9.04. The predicted octanol–water partition coefficient (Wildman–Crippen LogP) is 0.305. The predicted molar refractivity (Wildman–Crippen MR) is 97.7 cm³/mol. The third-order valence-electron chi connectivity index (χ3n) is 5.08. The van der Waals surface area contributed by atoms with E-state index in [4.69, 9.17) is 5.73 Å². The van der Waals surface area contributed by atoms with Crippen LogP contribution in [0.25, 0.3) is 0 Å². The fourth-order valence-electron chi connectivity index (χ4n) is 3.52. The van der Waals surface area contributed by atoms with Crippen molar-refractivity contribution in [3.05, 3.63) is 34.9 Å². The zero-order chi connectivity index (χ0) is 19.8. The van der Waals surface area contributed by atoms with Crippen molar-refractivity contribution in [2.45, 2.75) is 51.2 Å². The number of rotatable bonds is 6. The smallest absolute Gasteiger partial charge is 0.262 e. The highest BCUT2D eigenvalue weighted by Crippen LogP contribution is 2.30. The second kappa shape index (κ2) is 7.21. The first-order valence-corrected chi connectivity index (χ1v) is 9.04. The molecule has 1 aromatic rings. The molecule has 1 fully saturated rings. The van der Waals surface area contributed by atoms with Gasteiger partial charge in [-0.2, -0.15) is 0 Å². The summed E-state index contributed by atoms with van der Waals surface area (Å²) in [5, 5.41) is 5.56. The summed E-state index contributed by atoms with van der Waals surface area (Å²) < 4.78 is 0. The van der Waals surface area contributed by atoms with Crippen molar-refractivity contribution in [1.29, 1.82) is 0 Å². The van der Waals surface area contributed by atoms with Gasteiger partial charge in [0.25, 0.3) is 11.8 Å².